The molecule has 102 heavy (non-hydrogen) atoms. The third-order valence-electron chi connectivity index (χ3n) is 20.7. The second-order valence-electron chi connectivity index (χ2n) is 27.6. The fourth-order valence-corrected chi connectivity index (χ4v) is 15.5. The second-order valence-corrected chi connectivity index (χ2v) is 27.6. The molecule has 3 aliphatic rings. The molecule has 0 spiro atoms. The molecule has 10 heteroatoms. The number of rotatable bonds is 6. The first kappa shape index (κ1) is 38.5. The van der Waals surface area contributed by atoms with Crippen molar-refractivity contribution in [3.63, 3.8) is 0 Å². The smallest absolute Gasteiger partial charge is 0.227 e. The number of aryl methyl sites for hydroxylation is 9. The summed E-state index contributed by atoms with van der Waals surface area (Å²) in [4.78, 5) is 18.0. The van der Waals surface area contributed by atoms with Crippen molar-refractivity contribution in [1.29, 1.82) is 0 Å². The summed E-state index contributed by atoms with van der Waals surface area (Å²) < 4.78 is 297. The first-order valence-corrected chi connectivity index (χ1v) is 33.2. The number of furan rings is 3. The van der Waals surface area contributed by atoms with Crippen molar-refractivity contribution in [1.82, 2.24) is 19.9 Å². The number of hydrogen-bond acceptors (Lipinski definition) is 7. The van der Waals surface area contributed by atoms with Crippen LogP contribution in [0.3, 0.4) is 0 Å². The maximum absolute atomic E-state index is 8.66. The largest absolute Gasteiger partial charge is 0.455 e. The summed E-state index contributed by atoms with van der Waals surface area (Å²) in [5.41, 5.74) is 6.67. The van der Waals surface area contributed by atoms with E-state index in [0.29, 0.717) is 139 Å². The molecule has 0 radical (unpaired) electrons. The standard InChI is InChI=1S/2C31H31N2O.C30H30N3O/c1-17(2)24-16-33(7)26(13-19(24)4)28-18(3)10-11-20-23-14-25-22(15-27(23)34-29(20)28)21-9-8-12-32-30(21)31(25,5)6;1-17(2)24-16-33(7)26(13-19(24)4)28-18(3)10-11-20-23-14-22-21-9-8-12-32-30(21)31(5,6)25(22)15-27(23)34-29(20)28;1-16(2)22-15-33(7)24(13-18(22)4)25-17(3)10-11-19-21-14-23-26(32-29(21)34-27(19)25)20-9-8-12-31-28(20)30(23,5)6/h2*8-17H,1-7H3;8-16H,1-7H3/q3*+1/i1D3,4D3,5D3,17D;1D3,4D3,5D3,6D3,17D;1D3,4D3,5D3,16D. The highest BCUT2D eigenvalue weighted by Gasteiger charge is 2.42. The minimum absolute atomic E-state index is 0.0498. The number of fused-ring (bicyclic) bond motifs is 18. The van der Waals surface area contributed by atoms with Crippen LogP contribution in [-0.4, -0.2) is 19.9 Å². The van der Waals surface area contributed by atoms with Gasteiger partial charge in [0.1, 0.15) is 43.5 Å². The number of nitrogens with zero attached hydrogens (tertiary/aromatic N) is 7. The quantitative estimate of drug-likeness (QED) is 0.153. The van der Waals surface area contributed by atoms with Gasteiger partial charge in [0.25, 0.3) is 0 Å². The van der Waals surface area contributed by atoms with Gasteiger partial charge < -0.3 is 13.3 Å². The summed E-state index contributed by atoms with van der Waals surface area (Å²) in [6.45, 7) is -14.9. The Hall–Kier alpha value is -10.5. The monoisotopic (exact) mass is 1380 g/mol. The summed E-state index contributed by atoms with van der Waals surface area (Å²) in [6.07, 6.45) is 8.73. The molecular weight excluding hydrogens is 1250 g/mol. The second kappa shape index (κ2) is 23.6. The lowest BCUT2D eigenvalue weighted by Gasteiger charge is -2.19. The summed E-state index contributed by atoms with van der Waals surface area (Å²) in [5.74, 6) is -6.58. The zero-order chi connectivity index (χ0) is 99.6. The van der Waals surface area contributed by atoms with Crippen molar-refractivity contribution < 1.29 is 72.2 Å². The first-order chi connectivity index (χ1) is 61.8. The SMILES string of the molecule is [2H]C([2H])([2H])c1cc(-c2c(C)ccc3c2oc2cc4c(cc23)-c2cccnc2C4(C([2H])([2H])[2H])C([2H])([2H])[2H])[n+](C)cc1C([2H])(C)C([2H])([2H])[2H].[2H]C([2H])([2H])c1cc(-c2c(C)ccc3c2oc2cc4c(cc23)C(C)(C([2H])([2H])[2H])c2ncccc2-4)[n+](C)cc1C([2H])(C)C([2H])([2H])[2H].[2H]C([2H])([2H])c1cc(-c2c(C)ccc3c2oc2nc4c(cc23)C(C)(C([2H])([2H])[2H])c2ncccc2-4)[n+](C)cc1C([2H])(C)C([2H])([2H])[2H]. The van der Waals surface area contributed by atoms with Crippen molar-refractivity contribution in [2.75, 3.05) is 0 Å². The molecule has 0 saturated heterocycles. The summed E-state index contributed by atoms with van der Waals surface area (Å²) in [6, 6.07) is 34.5. The Kier molecular flexibility index (Phi) is 8.90. The van der Waals surface area contributed by atoms with Gasteiger partial charge in [-0.2, -0.15) is 0 Å². The molecule has 0 fully saturated rings. The zero-order valence-corrected chi connectivity index (χ0v) is 57.9. The molecule has 510 valence electrons. The average Bonchev–Trinajstić information content (AvgIpc) is 1.51. The van der Waals surface area contributed by atoms with E-state index >= 15 is 0 Å². The zero-order valence-electron chi connectivity index (χ0n) is 90.9. The molecule has 0 bridgehead atoms. The first-order valence-electron chi connectivity index (χ1n) is 49.7. The molecule has 15 aromatic rings. The molecule has 3 aliphatic carbocycles. The minimum atomic E-state index is -3.00. The van der Waals surface area contributed by atoms with Crippen LogP contribution in [0.25, 0.3) is 133 Å². The molecule has 5 aromatic carbocycles. The molecule has 18 rings (SSSR count). The van der Waals surface area contributed by atoms with Gasteiger partial charge in [-0.25, -0.2) is 18.7 Å². The van der Waals surface area contributed by atoms with E-state index in [1.165, 1.54) is 69.8 Å². The van der Waals surface area contributed by atoms with Crippen molar-refractivity contribution in [3.05, 3.63) is 242 Å². The molecule has 10 aromatic heterocycles. The summed E-state index contributed by atoms with van der Waals surface area (Å²) >= 11 is 0. The molecule has 0 amide bonds. The van der Waals surface area contributed by atoms with Gasteiger partial charge in [-0.05, 0) is 175 Å². The number of hydrogen-bond donors (Lipinski definition) is 0. The molecule has 10 nitrogen and oxygen atoms in total. The van der Waals surface area contributed by atoms with Crippen LogP contribution in [0.1, 0.15) is 229 Å². The van der Waals surface area contributed by atoms with Gasteiger partial charge in [0.15, 0.2) is 24.2 Å². The van der Waals surface area contributed by atoms with Gasteiger partial charge in [-0.1, -0.05) is 131 Å². The maximum Gasteiger partial charge on any atom is 0.227 e. The van der Waals surface area contributed by atoms with E-state index in [0.717, 1.165) is 22.3 Å². The van der Waals surface area contributed by atoms with Crippen molar-refractivity contribution >= 4 is 65.9 Å². The van der Waals surface area contributed by atoms with Gasteiger partial charge in [0.05, 0.1) is 39.5 Å². The predicted molar refractivity (Wildman–Crippen MR) is 416 cm³/mol. The Labute approximate surface area is 645 Å². The van der Waals surface area contributed by atoms with E-state index in [-0.39, 0.29) is 55.9 Å². The lowest BCUT2D eigenvalue weighted by Crippen LogP contribution is -2.32. The van der Waals surface area contributed by atoms with Gasteiger partial charge in [-0.3, -0.25) is 15.0 Å². The molecule has 10 heterocycles. The van der Waals surface area contributed by atoms with Gasteiger partial charge >= 0.3 is 0 Å². The number of pyridine rings is 7. The lowest BCUT2D eigenvalue weighted by molar-refractivity contribution is -0.661. The van der Waals surface area contributed by atoms with E-state index in [4.69, 9.17) is 63.5 Å². The Bertz CT molecular complexity index is 7190. The molecule has 0 aliphatic heterocycles. The van der Waals surface area contributed by atoms with E-state index in [1.807, 2.05) is 68.4 Å². The molecule has 5 atom stereocenters. The van der Waals surface area contributed by atoms with E-state index in [9.17, 15) is 0 Å². The Balaban J connectivity index is 0.000000147. The summed E-state index contributed by atoms with van der Waals surface area (Å²) in [5, 5.41) is 3.87. The highest BCUT2D eigenvalue weighted by Crippen LogP contribution is 2.54. The summed E-state index contributed by atoms with van der Waals surface area (Å²) in [7, 11) is 4.97. The highest BCUT2D eigenvalue weighted by molar-refractivity contribution is 6.14. The van der Waals surface area contributed by atoms with Gasteiger partial charge in [0.2, 0.25) is 22.8 Å². The fourth-order valence-electron chi connectivity index (χ4n) is 15.5. The van der Waals surface area contributed by atoms with Crippen LogP contribution < -0.4 is 13.7 Å². The van der Waals surface area contributed by atoms with Crippen LogP contribution in [0.2, 0.25) is 0 Å². The van der Waals surface area contributed by atoms with E-state index in [1.54, 1.807) is 110 Å². The van der Waals surface area contributed by atoms with E-state index in [2.05, 4.69) is 15.0 Å². The highest BCUT2D eigenvalue weighted by atomic mass is 16.3. The van der Waals surface area contributed by atoms with Crippen LogP contribution in [0.5, 0.6) is 0 Å². The molecular formula is C92H92N7O3+3. The third kappa shape index (κ3) is 9.96. The molecule has 0 N–H and O–H groups in total. The normalized spacial score (nSPS) is 23.9. The number of benzene rings is 5. The number of aromatic nitrogens is 7. The van der Waals surface area contributed by atoms with Crippen LogP contribution in [0.4, 0.5) is 0 Å². The van der Waals surface area contributed by atoms with Gasteiger partial charge in [-0.15, -0.1) is 0 Å². The molecule has 0 saturated carbocycles. The topological polar surface area (TPSA) is 103 Å². The van der Waals surface area contributed by atoms with Crippen LogP contribution in [0.15, 0.2) is 172 Å². The Morgan fingerprint density at radius 1 is 0.402 bits per heavy atom. The Morgan fingerprint density at radius 3 is 1.26 bits per heavy atom. The lowest BCUT2D eigenvalue weighted by atomic mass is 9.84. The third-order valence-corrected chi connectivity index (χ3v) is 20.7. The Morgan fingerprint density at radius 2 is 0.794 bits per heavy atom. The predicted octanol–water partition coefficient (Wildman–Crippen LogP) is 22.0. The van der Waals surface area contributed by atoms with Crippen molar-refractivity contribution in [3.8, 4) is 67.3 Å². The molecule has 5 unspecified atom stereocenters. The van der Waals surface area contributed by atoms with Crippen molar-refractivity contribution in [2.45, 2.75) is 158 Å². The van der Waals surface area contributed by atoms with Crippen LogP contribution in [0, 0.1) is 41.3 Å². The maximum atomic E-state index is 8.66. The fraction of sp³-hybridized carbons (Fsp3) is 0.293. The van der Waals surface area contributed by atoms with Gasteiger partial charge in [0, 0.05) is 164 Å². The van der Waals surface area contributed by atoms with Crippen molar-refractivity contribution in [2.24, 2.45) is 21.1 Å². The van der Waals surface area contributed by atoms with Crippen LogP contribution >= 0.6 is 0 Å². The van der Waals surface area contributed by atoms with Crippen LogP contribution in [-0.2, 0) is 37.4 Å². The average molecular weight is 1380 g/mol. The van der Waals surface area contributed by atoms with E-state index < -0.39 is 102 Å². The minimum Gasteiger partial charge on any atom is -0.455 e.